The quantitative estimate of drug-likeness (QED) is 0.140. The second-order valence-electron chi connectivity index (χ2n) is 8.74. The summed E-state index contributed by atoms with van der Waals surface area (Å²) in [5, 5.41) is 16.2. The second-order valence-corrected chi connectivity index (χ2v) is 9.77. The fraction of sp³-hybridized carbons (Fsp3) is 0.138. The van der Waals surface area contributed by atoms with Crippen molar-refractivity contribution in [3.8, 4) is 10.6 Å². The summed E-state index contributed by atoms with van der Waals surface area (Å²) in [6.07, 6.45) is -0.868. The van der Waals surface area contributed by atoms with E-state index >= 15 is 0 Å². The number of non-ortho nitro benzene ring substituents is 1. The van der Waals surface area contributed by atoms with Gasteiger partial charge in [0.2, 0.25) is 0 Å². The van der Waals surface area contributed by atoms with Crippen molar-refractivity contribution in [1.29, 1.82) is 0 Å². The average molecular weight is 526 g/mol. The molecule has 0 aliphatic rings. The molecular formula is C29H23N3O5S. The van der Waals surface area contributed by atoms with Gasteiger partial charge in [0.1, 0.15) is 5.01 Å². The van der Waals surface area contributed by atoms with Crippen molar-refractivity contribution < 1.29 is 19.2 Å². The predicted molar refractivity (Wildman–Crippen MR) is 149 cm³/mol. The molecule has 5 aromatic rings. The third kappa shape index (κ3) is 4.83. The second kappa shape index (κ2) is 10.4. The molecule has 0 spiro atoms. The highest BCUT2D eigenvalue weighted by Gasteiger charge is 2.25. The van der Waals surface area contributed by atoms with Gasteiger partial charge in [-0.05, 0) is 42.5 Å². The minimum atomic E-state index is -1.09. The minimum absolute atomic E-state index is 0.144. The summed E-state index contributed by atoms with van der Waals surface area (Å²) in [7, 11) is 0. The number of esters is 1. The van der Waals surface area contributed by atoms with Gasteiger partial charge in [0.15, 0.2) is 6.10 Å². The fourth-order valence-electron chi connectivity index (χ4n) is 4.26. The number of carbonyl (C=O) groups is 2. The summed E-state index contributed by atoms with van der Waals surface area (Å²) in [4.78, 5) is 41.9. The molecule has 8 nitrogen and oxygen atoms in total. The number of nitrogens with one attached hydrogen (secondary N) is 1. The van der Waals surface area contributed by atoms with E-state index in [-0.39, 0.29) is 12.1 Å². The number of carbonyl (C=O) groups excluding carboxylic acids is 2. The molecule has 0 fully saturated rings. The van der Waals surface area contributed by atoms with Crippen LogP contribution in [0.3, 0.4) is 0 Å². The van der Waals surface area contributed by atoms with Crippen molar-refractivity contribution >= 4 is 55.6 Å². The molecule has 1 aromatic heterocycles. The molecule has 0 saturated heterocycles. The smallest absolute Gasteiger partial charge is 0.339 e. The number of nitro benzene ring substituents is 1. The molecule has 9 heteroatoms. The van der Waals surface area contributed by atoms with Crippen LogP contribution >= 0.6 is 11.3 Å². The molecular weight excluding hydrogens is 502 g/mol. The van der Waals surface area contributed by atoms with Gasteiger partial charge in [-0.2, -0.15) is 0 Å². The lowest BCUT2D eigenvalue weighted by Crippen LogP contribution is -2.32. The first-order valence-electron chi connectivity index (χ1n) is 12.0. The zero-order chi connectivity index (χ0) is 26.8. The van der Waals surface area contributed by atoms with Gasteiger partial charge in [0, 0.05) is 23.1 Å². The number of nitro groups is 1. The Bertz CT molecular complexity index is 1670. The Kier molecular flexibility index (Phi) is 6.85. The Morgan fingerprint density at radius 3 is 2.55 bits per heavy atom. The molecule has 1 unspecified atom stereocenters. The van der Waals surface area contributed by atoms with Crippen LogP contribution in [0.5, 0.6) is 0 Å². The van der Waals surface area contributed by atoms with Crippen LogP contribution in [-0.4, -0.2) is 27.9 Å². The largest absolute Gasteiger partial charge is 0.449 e. The standard InChI is InChI=1S/C29H23N3O5S/c1-3-24(27(33)30-23-16-19(32(35)36)15-14-17(23)2)37-29(34)21-11-7-9-18-8-6-10-20(26(18)21)28-31-22-12-4-5-13-25(22)38-28/h4-16,24H,3H2,1-2H3,(H,30,33). The molecule has 1 heterocycles. The van der Waals surface area contributed by atoms with Crippen LogP contribution in [-0.2, 0) is 9.53 Å². The van der Waals surface area contributed by atoms with E-state index in [1.807, 2.05) is 48.5 Å². The number of hydrogen-bond acceptors (Lipinski definition) is 7. The maximum atomic E-state index is 13.4. The van der Waals surface area contributed by atoms with E-state index < -0.39 is 22.9 Å². The molecule has 1 N–H and O–H groups in total. The monoisotopic (exact) mass is 525 g/mol. The van der Waals surface area contributed by atoms with Crippen molar-refractivity contribution in [3.63, 3.8) is 0 Å². The molecule has 0 radical (unpaired) electrons. The summed E-state index contributed by atoms with van der Waals surface area (Å²) in [5.74, 6) is -1.20. The Balaban J connectivity index is 1.46. The van der Waals surface area contributed by atoms with Gasteiger partial charge >= 0.3 is 5.97 Å². The number of amides is 1. The maximum Gasteiger partial charge on any atom is 0.339 e. The van der Waals surface area contributed by atoms with E-state index in [2.05, 4.69) is 5.32 Å². The Hall–Kier alpha value is -4.63. The third-order valence-electron chi connectivity index (χ3n) is 6.25. The van der Waals surface area contributed by atoms with Crippen molar-refractivity contribution in [1.82, 2.24) is 4.98 Å². The van der Waals surface area contributed by atoms with Crippen LogP contribution in [0.15, 0.2) is 78.9 Å². The zero-order valence-corrected chi connectivity index (χ0v) is 21.5. The first kappa shape index (κ1) is 25.0. The highest BCUT2D eigenvalue weighted by Crippen LogP contribution is 2.36. The number of ether oxygens (including phenoxy) is 1. The van der Waals surface area contributed by atoms with Crippen LogP contribution in [0, 0.1) is 17.0 Å². The van der Waals surface area contributed by atoms with Crippen molar-refractivity contribution in [2.24, 2.45) is 0 Å². The molecule has 0 aliphatic carbocycles. The molecule has 190 valence electrons. The Morgan fingerprint density at radius 1 is 1.05 bits per heavy atom. The highest BCUT2D eigenvalue weighted by atomic mass is 32.1. The van der Waals surface area contributed by atoms with E-state index in [0.717, 1.165) is 26.2 Å². The lowest BCUT2D eigenvalue weighted by Gasteiger charge is -2.18. The topological polar surface area (TPSA) is 111 Å². The van der Waals surface area contributed by atoms with Crippen molar-refractivity contribution in [2.75, 3.05) is 5.32 Å². The number of benzene rings is 4. The summed E-state index contributed by atoms with van der Waals surface area (Å²) >= 11 is 1.54. The third-order valence-corrected chi connectivity index (χ3v) is 7.32. The molecule has 38 heavy (non-hydrogen) atoms. The normalized spacial score (nSPS) is 11.8. The summed E-state index contributed by atoms with van der Waals surface area (Å²) in [6.45, 7) is 3.46. The number of hydrogen-bond donors (Lipinski definition) is 1. The van der Waals surface area contributed by atoms with E-state index in [4.69, 9.17) is 9.72 Å². The summed E-state index contributed by atoms with van der Waals surface area (Å²) in [6, 6.07) is 23.2. The first-order chi connectivity index (χ1) is 18.4. The molecule has 0 saturated carbocycles. The number of nitrogens with zero attached hydrogens (tertiary/aromatic N) is 2. The molecule has 0 aliphatic heterocycles. The molecule has 5 rings (SSSR count). The Morgan fingerprint density at radius 2 is 1.82 bits per heavy atom. The lowest BCUT2D eigenvalue weighted by molar-refractivity contribution is -0.384. The van der Waals surface area contributed by atoms with Crippen LogP contribution in [0.2, 0.25) is 0 Å². The SMILES string of the molecule is CCC(OC(=O)c1cccc2cccc(-c3nc4ccccc4s3)c12)C(=O)Nc1cc([N+](=O)[O-])ccc1C. The number of fused-ring (bicyclic) bond motifs is 2. The van der Waals surface area contributed by atoms with Gasteiger partial charge in [0.25, 0.3) is 11.6 Å². The average Bonchev–Trinajstić information content (AvgIpc) is 3.36. The van der Waals surface area contributed by atoms with E-state index in [1.54, 1.807) is 32.0 Å². The first-order valence-corrected chi connectivity index (χ1v) is 12.8. The van der Waals surface area contributed by atoms with Crippen LogP contribution in [0.25, 0.3) is 31.6 Å². The molecule has 1 amide bonds. The number of thiazole rings is 1. The fourth-order valence-corrected chi connectivity index (χ4v) is 5.26. The highest BCUT2D eigenvalue weighted by molar-refractivity contribution is 7.21. The summed E-state index contributed by atoms with van der Waals surface area (Å²) in [5.41, 5.74) is 2.82. The Labute approximate surface area is 222 Å². The summed E-state index contributed by atoms with van der Waals surface area (Å²) < 4.78 is 6.73. The van der Waals surface area contributed by atoms with Gasteiger partial charge < -0.3 is 10.1 Å². The number of aromatic nitrogens is 1. The van der Waals surface area contributed by atoms with E-state index in [0.29, 0.717) is 22.2 Å². The van der Waals surface area contributed by atoms with E-state index in [1.165, 1.54) is 23.5 Å². The van der Waals surface area contributed by atoms with Crippen molar-refractivity contribution in [2.45, 2.75) is 26.4 Å². The predicted octanol–water partition coefficient (Wildman–Crippen LogP) is 6.91. The van der Waals surface area contributed by atoms with Crippen LogP contribution < -0.4 is 5.32 Å². The van der Waals surface area contributed by atoms with Crippen molar-refractivity contribution in [3.05, 3.63) is 100 Å². The van der Waals surface area contributed by atoms with Gasteiger partial charge in [-0.25, -0.2) is 9.78 Å². The number of anilines is 1. The number of para-hydroxylation sites is 1. The maximum absolute atomic E-state index is 13.4. The lowest BCUT2D eigenvalue weighted by atomic mass is 9.99. The molecule has 1 atom stereocenters. The van der Waals surface area contributed by atoms with Gasteiger partial charge in [-0.1, -0.05) is 55.5 Å². The van der Waals surface area contributed by atoms with Gasteiger partial charge in [-0.3, -0.25) is 14.9 Å². The number of aryl methyl sites for hydroxylation is 1. The minimum Gasteiger partial charge on any atom is -0.449 e. The van der Waals surface area contributed by atoms with E-state index in [9.17, 15) is 19.7 Å². The van der Waals surface area contributed by atoms with Crippen LogP contribution in [0.4, 0.5) is 11.4 Å². The molecule has 0 bridgehead atoms. The molecule has 4 aromatic carbocycles. The van der Waals surface area contributed by atoms with Crippen LogP contribution in [0.1, 0.15) is 29.3 Å². The zero-order valence-electron chi connectivity index (χ0n) is 20.6. The van der Waals surface area contributed by atoms with Gasteiger partial charge in [-0.15, -0.1) is 11.3 Å². The number of rotatable bonds is 7. The van der Waals surface area contributed by atoms with Gasteiger partial charge in [0.05, 0.1) is 26.4 Å².